The summed E-state index contributed by atoms with van der Waals surface area (Å²) in [5, 5.41) is 27.6. The molecule has 1 saturated heterocycles. The van der Waals surface area contributed by atoms with Crippen molar-refractivity contribution in [2.45, 2.75) is 123 Å². The normalized spacial score (nSPS) is 15.2. The summed E-state index contributed by atoms with van der Waals surface area (Å²) in [5.74, 6) is -0.325. The molecule has 3 N–H and O–H groups in total. The summed E-state index contributed by atoms with van der Waals surface area (Å²) in [6, 6.07) is 0. The number of rotatable bonds is 21. The highest BCUT2D eigenvalue weighted by Gasteiger charge is 2.30. The quantitative estimate of drug-likeness (QED) is 0.124. The van der Waals surface area contributed by atoms with Crippen LogP contribution in [0, 0.1) is 5.41 Å². The van der Waals surface area contributed by atoms with E-state index in [4.69, 9.17) is 9.47 Å². The molecule has 0 saturated carbocycles. The average molecular weight is 461 g/mol. The van der Waals surface area contributed by atoms with Gasteiger partial charge < -0.3 is 24.8 Å². The fraction of sp³-hybridized carbons (Fsp3) is 0.962. The molecular weight excluding hydrogens is 408 g/mol. The van der Waals surface area contributed by atoms with Crippen molar-refractivity contribution < 1.29 is 29.6 Å². The molecule has 1 aliphatic heterocycles. The standard InChI is InChI=1S/C23H46O5.C3H6O/c1-2-3-4-5-6-7-8-9-10-11-12-13-14-15-16-17-22(27)28-21-23(18-24,19-25)20-26;1-3-2-4-3/h24-26H,2-21H2,1H3;3H,2H2,1H3. The summed E-state index contributed by atoms with van der Waals surface area (Å²) in [5.41, 5.74) is -1.13. The monoisotopic (exact) mass is 460 g/mol. The number of ether oxygens (including phenoxy) is 2. The van der Waals surface area contributed by atoms with Crippen molar-refractivity contribution in [3.63, 3.8) is 0 Å². The third-order valence-corrected chi connectivity index (χ3v) is 6.03. The maximum Gasteiger partial charge on any atom is 0.305 e. The van der Waals surface area contributed by atoms with Crippen molar-refractivity contribution >= 4 is 5.97 Å². The van der Waals surface area contributed by atoms with Gasteiger partial charge in [-0.05, 0) is 13.3 Å². The highest BCUT2D eigenvalue weighted by Crippen LogP contribution is 2.17. The molecule has 6 heteroatoms. The van der Waals surface area contributed by atoms with Crippen LogP contribution in [0.2, 0.25) is 0 Å². The Labute approximate surface area is 197 Å². The molecule has 32 heavy (non-hydrogen) atoms. The third-order valence-electron chi connectivity index (χ3n) is 6.03. The molecule has 0 aromatic rings. The molecule has 1 fully saturated rings. The van der Waals surface area contributed by atoms with E-state index < -0.39 is 25.2 Å². The Hall–Kier alpha value is -0.690. The van der Waals surface area contributed by atoms with Crippen molar-refractivity contribution in [3.05, 3.63) is 0 Å². The Morgan fingerprint density at radius 1 is 0.781 bits per heavy atom. The summed E-state index contributed by atoms with van der Waals surface area (Å²) in [4.78, 5) is 11.7. The van der Waals surface area contributed by atoms with Gasteiger partial charge in [-0.25, -0.2) is 0 Å². The highest BCUT2D eigenvalue weighted by molar-refractivity contribution is 5.69. The summed E-state index contributed by atoms with van der Waals surface area (Å²) in [6.45, 7) is 3.93. The zero-order valence-electron chi connectivity index (χ0n) is 21.0. The van der Waals surface area contributed by atoms with E-state index >= 15 is 0 Å². The summed E-state index contributed by atoms with van der Waals surface area (Å²) in [6.07, 6.45) is 20.2. The first-order valence-electron chi connectivity index (χ1n) is 13.1. The van der Waals surface area contributed by atoms with Crippen LogP contribution in [-0.4, -0.2) is 60.4 Å². The molecular formula is C26H52O6. The maximum atomic E-state index is 11.7. The number of epoxide rings is 1. The number of carbonyl (C=O) groups is 1. The number of aliphatic hydroxyl groups is 3. The van der Waals surface area contributed by atoms with E-state index in [1.165, 1.54) is 77.0 Å². The van der Waals surface area contributed by atoms with Gasteiger partial charge in [-0.1, -0.05) is 96.8 Å². The Kier molecular flexibility index (Phi) is 21.6. The van der Waals surface area contributed by atoms with Crippen molar-refractivity contribution in [3.8, 4) is 0 Å². The first kappa shape index (κ1) is 31.3. The summed E-state index contributed by atoms with van der Waals surface area (Å²) < 4.78 is 9.79. The van der Waals surface area contributed by atoms with E-state index in [9.17, 15) is 20.1 Å². The van der Waals surface area contributed by atoms with Gasteiger partial charge in [0.05, 0.1) is 37.9 Å². The smallest absolute Gasteiger partial charge is 0.305 e. The number of unbranched alkanes of at least 4 members (excludes halogenated alkanes) is 14. The molecule has 0 spiro atoms. The van der Waals surface area contributed by atoms with Crippen molar-refractivity contribution in [1.29, 1.82) is 0 Å². The minimum Gasteiger partial charge on any atom is -0.465 e. The number of hydrogen-bond acceptors (Lipinski definition) is 6. The molecule has 0 radical (unpaired) electrons. The Balaban J connectivity index is 0.00000214. The van der Waals surface area contributed by atoms with Gasteiger partial charge in [0.1, 0.15) is 6.61 Å². The molecule has 1 heterocycles. The molecule has 6 nitrogen and oxygen atoms in total. The average Bonchev–Trinajstić information content (AvgIpc) is 3.60. The molecule has 0 aromatic heterocycles. The van der Waals surface area contributed by atoms with Gasteiger partial charge in [0, 0.05) is 6.42 Å². The molecule has 0 aromatic carbocycles. The van der Waals surface area contributed by atoms with Crippen LogP contribution in [0.1, 0.15) is 117 Å². The number of esters is 1. The van der Waals surface area contributed by atoms with Gasteiger partial charge in [0.2, 0.25) is 0 Å². The Morgan fingerprint density at radius 2 is 1.12 bits per heavy atom. The summed E-state index contributed by atoms with van der Waals surface area (Å²) in [7, 11) is 0. The molecule has 0 amide bonds. The molecule has 1 unspecified atom stereocenters. The van der Waals surface area contributed by atoms with Crippen LogP contribution in [0.4, 0.5) is 0 Å². The van der Waals surface area contributed by atoms with Crippen molar-refractivity contribution in [2.24, 2.45) is 5.41 Å². The second-order valence-electron chi connectivity index (χ2n) is 9.48. The van der Waals surface area contributed by atoms with E-state index in [-0.39, 0.29) is 12.6 Å². The van der Waals surface area contributed by atoms with Crippen molar-refractivity contribution in [1.82, 2.24) is 0 Å². The van der Waals surface area contributed by atoms with Gasteiger partial charge in [0.15, 0.2) is 0 Å². The lowest BCUT2D eigenvalue weighted by molar-refractivity contribution is -0.151. The molecule has 1 rings (SSSR count). The predicted octanol–water partition coefficient (Wildman–Crippen LogP) is 5.16. The zero-order valence-corrected chi connectivity index (χ0v) is 21.0. The van der Waals surface area contributed by atoms with Crippen LogP contribution < -0.4 is 0 Å². The van der Waals surface area contributed by atoms with Crippen LogP contribution >= 0.6 is 0 Å². The molecule has 192 valence electrons. The zero-order chi connectivity index (χ0) is 23.9. The van der Waals surface area contributed by atoms with Crippen molar-refractivity contribution in [2.75, 3.05) is 33.0 Å². The highest BCUT2D eigenvalue weighted by atomic mass is 16.6. The van der Waals surface area contributed by atoms with E-state index in [2.05, 4.69) is 13.8 Å². The topological polar surface area (TPSA) is 99.5 Å². The first-order valence-corrected chi connectivity index (χ1v) is 13.1. The number of hydrogen-bond donors (Lipinski definition) is 3. The van der Waals surface area contributed by atoms with E-state index in [0.717, 1.165) is 25.9 Å². The summed E-state index contributed by atoms with van der Waals surface area (Å²) >= 11 is 0. The lowest BCUT2D eigenvalue weighted by Crippen LogP contribution is -2.39. The van der Waals surface area contributed by atoms with Crippen LogP contribution in [-0.2, 0) is 14.3 Å². The largest absolute Gasteiger partial charge is 0.465 e. The van der Waals surface area contributed by atoms with Gasteiger partial charge >= 0.3 is 5.97 Å². The second kappa shape index (κ2) is 22.1. The third kappa shape index (κ3) is 20.0. The van der Waals surface area contributed by atoms with E-state index in [1.54, 1.807) is 0 Å². The minimum absolute atomic E-state index is 0.145. The van der Waals surface area contributed by atoms with Gasteiger partial charge in [-0.15, -0.1) is 0 Å². The molecule has 0 aliphatic carbocycles. The molecule has 0 bridgehead atoms. The predicted molar refractivity (Wildman–Crippen MR) is 130 cm³/mol. The van der Waals surface area contributed by atoms with Crippen LogP contribution in [0.25, 0.3) is 0 Å². The lowest BCUT2D eigenvalue weighted by atomic mass is 9.93. The van der Waals surface area contributed by atoms with Gasteiger partial charge in [-0.2, -0.15) is 0 Å². The van der Waals surface area contributed by atoms with E-state index in [0.29, 0.717) is 12.5 Å². The lowest BCUT2D eigenvalue weighted by Gasteiger charge is -2.26. The fourth-order valence-electron chi connectivity index (χ4n) is 3.33. The maximum absolute atomic E-state index is 11.7. The Bertz CT molecular complexity index is 399. The van der Waals surface area contributed by atoms with Crippen LogP contribution in [0.5, 0.6) is 0 Å². The first-order chi connectivity index (χ1) is 15.5. The number of aliphatic hydroxyl groups excluding tert-OH is 3. The van der Waals surface area contributed by atoms with Gasteiger partial charge in [-0.3, -0.25) is 4.79 Å². The second-order valence-corrected chi connectivity index (χ2v) is 9.48. The molecule has 1 aliphatic rings. The SMILES string of the molecule is CC1CO1.CCCCCCCCCCCCCCCCCC(=O)OCC(CO)(CO)CO. The van der Waals surface area contributed by atoms with Crippen LogP contribution in [0.15, 0.2) is 0 Å². The fourth-order valence-corrected chi connectivity index (χ4v) is 3.33. The molecule has 1 atom stereocenters. The minimum atomic E-state index is -1.13. The van der Waals surface area contributed by atoms with E-state index in [1.807, 2.05) is 0 Å². The Morgan fingerprint density at radius 3 is 1.44 bits per heavy atom. The van der Waals surface area contributed by atoms with Crippen LogP contribution in [0.3, 0.4) is 0 Å². The number of carbonyl (C=O) groups excluding carboxylic acids is 1. The van der Waals surface area contributed by atoms with Gasteiger partial charge in [0.25, 0.3) is 0 Å².